The molecular formula is C17H19N5O4S2. The van der Waals surface area contributed by atoms with E-state index in [1.807, 2.05) is 22.2 Å². The molecule has 2 N–H and O–H groups in total. The highest BCUT2D eigenvalue weighted by molar-refractivity contribution is 7.89. The molecule has 0 aliphatic heterocycles. The summed E-state index contributed by atoms with van der Waals surface area (Å²) in [5, 5.41) is 7.08. The summed E-state index contributed by atoms with van der Waals surface area (Å²) < 4.78 is 27.3. The van der Waals surface area contributed by atoms with Gasteiger partial charge in [-0.05, 0) is 18.2 Å². The lowest BCUT2D eigenvalue weighted by atomic mass is 10.2. The Labute approximate surface area is 166 Å². The number of nitrogens with one attached hydrogen (secondary N) is 2. The van der Waals surface area contributed by atoms with Gasteiger partial charge in [-0.15, -0.1) is 11.3 Å². The van der Waals surface area contributed by atoms with Crippen molar-refractivity contribution in [3.8, 4) is 0 Å². The molecule has 3 aromatic rings. The van der Waals surface area contributed by atoms with Gasteiger partial charge in [0.15, 0.2) is 4.96 Å². The van der Waals surface area contributed by atoms with E-state index in [0.717, 1.165) is 9.27 Å². The predicted octanol–water partition coefficient (Wildman–Crippen LogP) is 0.692. The number of thiazole rings is 1. The van der Waals surface area contributed by atoms with Crippen LogP contribution in [0.15, 0.2) is 46.9 Å². The van der Waals surface area contributed by atoms with Gasteiger partial charge in [-0.25, -0.2) is 17.7 Å². The van der Waals surface area contributed by atoms with Crippen molar-refractivity contribution >= 4 is 38.1 Å². The fourth-order valence-electron chi connectivity index (χ4n) is 2.38. The molecule has 0 fully saturated rings. The zero-order valence-electron chi connectivity index (χ0n) is 15.2. The Morgan fingerprint density at radius 1 is 1.25 bits per heavy atom. The van der Waals surface area contributed by atoms with Crippen molar-refractivity contribution in [3.63, 3.8) is 0 Å². The minimum absolute atomic E-state index is 0.00866. The summed E-state index contributed by atoms with van der Waals surface area (Å²) in [5.74, 6) is -0.907. The summed E-state index contributed by atoms with van der Waals surface area (Å²) in [5.41, 5.74) is 0.873. The standard InChI is InChI=1S/C17H19N5O4S2/c1-21(2)28(25,26)14-5-3-4-12(8-14)16(24)19-10-15(23)18-9-13-11-22-6-7-27-17(22)20-13/h3-8,11H,9-10H2,1-2H3,(H,18,23)(H,19,24). The first-order chi connectivity index (χ1) is 13.3. The molecular weight excluding hydrogens is 402 g/mol. The van der Waals surface area contributed by atoms with E-state index in [-0.39, 0.29) is 29.5 Å². The maximum Gasteiger partial charge on any atom is 0.251 e. The largest absolute Gasteiger partial charge is 0.349 e. The van der Waals surface area contributed by atoms with Gasteiger partial charge in [0.05, 0.1) is 23.7 Å². The van der Waals surface area contributed by atoms with E-state index in [2.05, 4.69) is 15.6 Å². The van der Waals surface area contributed by atoms with Gasteiger partial charge in [0.1, 0.15) is 0 Å². The molecule has 0 saturated heterocycles. The highest BCUT2D eigenvalue weighted by Crippen LogP contribution is 2.15. The Kier molecular flexibility index (Phi) is 5.77. The van der Waals surface area contributed by atoms with E-state index in [1.54, 1.807) is 0 Å². The Balaban J connectivity index is 1.54. The van der Waals surface area contributed by atoms with Crippen molar-refractivity contribution in [2.75, 3.05) is 20.6 Å². The molecule has 28 heavy (non-hydrogen) atoms. The van der Waals surface area contributed by atoms with Crippen LogP contribution >= 0.6 is 11.3 Å². The van der Waals surface area contributed by atoms with Gasteiger partial charge >= 0.3 is 0 Å². The Bertz CT molecular complexity index is 1090. The second kappa shape index (κ2) is 8.09. The van der Waals surface area contributed by atoms with Crippen LogP contribution in [0.5, 0.6) is 0 Å². The molecule has 2 heterocycles. The summed E-state index contributed by atoms with van der Waals surface area (Å²) in [6.07, 6.45) is 3.70. The van der Waals surface area contributed by atoms with Gasteiger partial charge < -0.3 is 10.6 Å². The lowest BCUT2D eigenvalue weighted by Gasteiger charge is -2.12. The van der Waals surface area contributed by atoms with Crippen molar-refractivity contribution in [2.45, 2.75) is 11.4 Å². The first-order valence-electron chi connectivity index (χ1n) is 8.26. The van der Waals surface area contributed by atoms with E-state index >= 15 is 0 Å². The molecule has 0 radical (unpaired) electrons. The summed E-state index contributed by atoms with van der Waals surface area (Å²) in [6.45, 7) is 0.0192. The van der Waals surface area contributed by atoms with Gasteiger partial charge in [-0.1, -0.05) is 6.07 Å². The van der Waals surface area contributed by atoms with Crippen LogP contribution in [0, 0.1) is 0 Å². The van der Waals surface area contributed by atoms with Gasteiger partial charge in [-0.3, -0.25) is 14.0 Å². The van der Waals surface area contributed by atoms with Crippen molar-refractivity contribution < 1.29 is 18.0 Å². The van der Waals surface area contributed by atoms with Crippen LogP contribution in [0.4, 0.5) is 0 Å². The molecule has 3 rings (SSSR count). The molecule has 1 aromatic carbocycles. The van der Waals surface area contributed by atoms with Gasteiger partial charge in [0, 0.05) is 37.4 Å². The Morgan fingerprint density at radius 3 is 2.75 bits per heavy atom. The normalized spacial score (nSPS) is 11.7. The van der Waals surface area contributed by atoms with E-state index < -0.39 is 15.9 Å². The number of imidazole rings is 1. The maximum absolute atomic E-state index is 12.2. The van der Waals surface area contributed by atoms with Crippen molar-refractivity contribution in [1.29, 1.82) is 0 Å². The molecule has 0 atom stereocenters. The number of carbonyl (C=O) groups is 2. The van der Waals surface area contributed by atoms with Crippen LogP contribution in [-0.4, -0.2) is 54.6 Å². The van der Waals surface area contributed by atoms with E-state index in [0.29, 0.717) is 5.69 Å². The molecule has 9 nitrogen and oxygen atoms in total. The molecule has 0 aliphatic carbocycles. The topological polar surface area (TPSA) is 113 Å². The number of sulfonamides is 1. The van der Waals surface area contributed by atoms with Crippen LogP contribution in [-0.2, 0) is 21.4 Å². The number of aromatic nitrogens is 2. The summed E-state index contributed by atoms with van der Waals surface area (Å²) in [4.78, 5) is 29.4. The molecule has 0 saturated carbocycles. The highest BCUT2D eigenvalue weighted by atomic mass is 32.2. The number of benzene rings is 1. The van der Waals surface area contributed by atoms with Gasteiger partial charge in [0.25, 0.3) is 5.91 Å². The van der Waals surface area contributed by atoms with Gasteiger partial charge in [0.2, 0.25) is 15.9 Å². The molecule has 11 heteroatoms. The average Bonchev–Trinajstić information content (AvgIpc) is 3.26. The van der Waals surface area contributed by atoms with E-state index in [4.69, 9.17) is 0 Å². The van der Waals surface area contributed by atoms with Crippen LogP contribution in [0.2, 0.25) is 0 Å². The van der Waals surface area contributed by atoms with Crippen LogP contribution in [0.1, 0.15) is 16.1 Å². The lowest BCUT2D eigenvalue weighted by Crippen LogP contribution is -2.36. The highest BCUT2D eigenvalue weighted by Gasteiger charge is 2.19. The molecule has 0 unspecified atom stereocenters. The molecule has 0 spiro atoms. The lowest BCUT2D eigenvalue weighted by molar-refractivity contribution is -0.120. The molecule has 2 amide bonds. The Hall–Kier alpha value is -2.76. The first-order valence-corrected chi connectivity index (χ1v) is 10.6. The minimum atomic E-state index is -3.64. The van der Waals surface area contributed by atoms with Gasteiger partial charge in [-0.2, -0.15) is 0 Å². The predicted molar refractivity (Wildman–Crippen MR) is 105 cm³/mol. The van der Waals surface area contributed by atoms with Crippen LogP contribution < -0.4 is 10.6 Å². The third kappa shape index (κ3) is 4.38. The smallest absolute Gasteiger partial charge is 0.251 e. The van der Waals surface area contributed by atoms with E-state index in [9.17, 15) is 18.0 Å². The quantitative estimate of drug-likeness (QED) is 0.583. The zero-order chi connectivity index (χ0) is 20.3. The van der Waals surface area contributed by atoms with E-state index in [1.165, 1.54) is 49.7 Å². The minimum Gasteiger partial charge on any atom is -0.349 e. The second-order valence-electron chi connectivity index (χ2n) is 6.10. The molecule has 0 bridgehead atoms. The third-order valence-electron chi connectivity index (χ3n) is 3.89. The van der Waals surface area contributed by atoms with Crippen LogP contribution in [0.25, 0.3) is 4.96 Å². The zero-order valence-corrected chi connectivity index (χ0v) is 16.9. The number of rotatable bonds is 7. The Morgan fingerprint density at radius 2 is 2.04 bits per heavy atom. The first kappa shape index (κ1) is 20.0. The summed E-state index contributed by atoms with van der Waals surface area (Å²) in [6, 6.07) is 5.66. The number of hydrogen-bond acceptors (Lipinski definition) is 6. The number of carbonyl (C=O) groups excluding carboxylic acids is 2. The maximum atomic E-state index is 12.2. The summed E-state index contributed by atoms with van der Waals surface area (Å²) >= 11 is 1.50. The van der Waals surface area contributed by atoms with Crippen molar-refractivity contribution in [2.24, 2.45) is 0 Å². The summed E-state index contributed by atoms with van der Waals surface area (Å²) in [7, 11) is -0.818. The van der Waals surface area contributed by atoms with Crippen molar-refractivity contribution in [1.82, 2.24) is 24.3 Å². The monoisotopic (exact) mass is 421 g/mol. The SMILES string of the molecule is CN(C)S(=O)(=O)c1cccc(C(=O)NCC(=O)NCc2cn3ccsc3n2)c1. The second-order valence-corrected chi connectivity index (χ2v) is 9.12. The fraction of sp³-hybridized carbons (Fsp3) is 0.235. The average molecular weight is 422 g/mol. The third-order valence-corrected chi connectivity index (χ3v) is 6.48. The number of nitrogens with zero attached hydrogens (tertiary/aromatic N) is 3. The molecule has 148 valence electrons. The fourth-order valence-corrected chi connectivity index (χ4v) is 4.05. The van der Waals surface area contributed by atoms with Crippen molar-refractivity contribution in [3.05, 3.63) is 53.3 Å². The molecule has 0 aliphatic rings. The number of hydrogen-bond donors (Lipinski definition) is 2. The molecule has 2 aromatic heterocycles. The number of fused-ring (bicyclic) bond motifs is 1. The number of amides is 2. The van der Waals surface area contributed by atoms with Crippen LogP contribution in [0.3, 0.4) is 0 Å².